The fourth-order valence-electron chi connectivity index (χ4n) is 4.57. The van der Waals surface area contributed by atoms with Crippen LogP contribution in [0, 0.1) is 5.92 Å². The van der Waals surface area contributed by atoms with Crippen molar-refractivity contribution < 1.29 is 25.3 Å². The Bertz CT molecular complexity index is 1020. The van der Waals surface area contributed by atoms with Crippen LogP contribution in [0.15, 0.2) is 12.1 Å². The molecule has 1 amide bonds. The second kappa shape index (κ2) is 8.60. The number of amides is 1. The van der Waals surface area contributed by atoms with Crippen molar-refractivity contribution in [1.29, 1.82) is 0 Å². The number of rotatable bonds is 4. The third kappa shape index (κ3) is 4.83. The second-order valence-electron chi connectivity index (χ2n) is 11.5. The molecule has 1 aliphatic rings. The quantitative estimate of drug-likeness (QED) is 0.389. The lowest BCUT2D eigenvalue weighted by molar-refractivity contribution is -0.127. The Morgan fingerprint density at radius 3 is 2.03 bits per heavy atom. The first kappa shape index (κ1) is 25.0. The molecular formula is C26H38N2O5. The summed E-state index contributed by atoms with van der Waals surface area (Å²) < 4.78 is 0.795. The first-order chi connectivity index (χ1) is 15.1. The Labute approximate surface area is 196 Å². The van der Waals surface area contributed by atoms with Crippen molar-refractivity contribution >= 4 is 5.91 Å². The molecule has 0 saturated heterocycles. The maximum absolute atomic E-state index is 12.8. The van der Waals surface area contributed by atoms with Gasteiger partial charge in [0.25, 0.3) is 5.91 Å². The first-order valence-corrected chi connectivity index (χ1v) is 11.7. The maximum Gasteiger partial charge on any atom is 0.267 e. The fraction of sp³-hybridized carbons (Fsp3) is 0.577. The highest BCUT2D eigenvalue weighted by Crippen LogP contribution is 2.41. The summed E-state index contributed by atoms with van der Waals surface area (Å²) >= 11 is 0. The number of aromatic hydroxyl groups is 3. The van der Waals surface area contributed by atoms with Crippen LogP contribution in [0.3, 0.4) is 0 Å². The van der Waals surface area contributed by atoms with Gasteiger partial charge in [0.05, 0.1) is 0 Å². The summed E-state index contributed by atoms with van der Waals surface area (Å²) in [5, 5.41) is 42.9. The molecular weight excluding hydrogens is 420 g/mol. The van der Waals surface area contributed by atoms with Gasteiger partial charge >= 0.3 is 0 Å². The fourth-order valence-corrected chi connectivity index (χ4v) is 4.57. The summed E-state index contributed by atoms with van der Waals surface area (Å²) in [7, 11) is 0. The van der Waals surface area contributed by atoms with Gasteiger partial charge in [0.15, 0.2) is 0 Å². The van der Waals surface area contributed by atoms with E-state index in [1.807, 2.05) is 53.7 Å². The Kier molecular flexibility index (Phi) is 6.50. The zero-order valence-electron chi connectivity index (χ0n) is 20.9. The average molecular weight is 459 g/mol. The maximum atomic E-state index is 12.8. The highest BCUT2D eigenvalue weighted by Gasteiger charge is 2.31. The summed E-state index contributed by atoms with van der Waals surface area (Å²) in [4.78, 5) is 12.8. The molecule has 1 aromatic heterocycles. The lowest BCUT2D eigenvalue weighted by atomic mass is 9.78. The molecule has 4 N–H and O–H groups in total. The molecule has 1 aromatic carbocycles. The van der Waals surface area contributed by atoms with Crippen LogP contribution in [0.1, 0.15) is 89.1 Å². The van der Waals surface area contributed by atoms with Crippen LogP contribution in [0.25, 0.3) is 0 Å². The predicted molar refractivity (Wildman–Crippen MR) is 128 cm³/mol. The predicted octanol–water partition coefficient (Wildman–Crippen LogP) is 4.81. The number of carbonyl (C=O) groups excluding carboxylic acids is 1. The SMILES string of the molecule is CC1CCc2c(c(O)n(N(O)C(=O)CCc3cc(C(C)(C)C)c(O)c(C(C)(C)C)c3)c2O)C1. The van der Waals surface area contributed by atoms with E-state index in [0.29, 0.717) is 41.5 Å². The third-order valence-electron chi connectivity index (χ3n) is 6.57. The van der Waals surface area contributed by atoms with Gasteiger partial charge in [0.1, 0.15) is 5.75 Å². The topological polar surface area (TPSA) is 106 Å². The number of aromatic nitrogens is 1. The van der Waals surface area contributed by atoms with Crippen LogP contribution in [-0.4, -0.2) is 31.1 Å². The lowest BCUT2D eigenvalue weighted by Gasteiger charge is -2.28. The van der Waals surface area contributed by atoms with Gasteiger partial charge in [0, 0.05) is 17.5 Å². The molecule has 2 aromatic rings. The van der Waals surface area contributed by atoms with Crippen molar-refractivity contribution in [2.75, 3.05) is 5.17 Å². The van der Waals surface area contributed by atoms with E-state index in [1.54, 1.807) is 0 Å². The molecule has 0 saturated carbocycles. The van der Waals surface area contributed by atoms with Crippen LogP contribution in [0.2, 0.25) is 0 Å². The summed E-state index contributed by atoms with van der Waals surface area (Å²) in [6.45, 7) is 14.2. The average Bonchev–Trinajstić information content (AvgIpc) is 2.94. The van der Waals surface area contributed by atoms with Crippen molar-refractivity contribution in [3.63, 3.8) is 0 Å². The van der Waals surface area contributed by atoms with Crippen LogP contribution >= 0.6 is 0 Å². The molecule has 1 atom stereocenters. The van der Waals surface area contributed by atoms with E-state index in [9.17, 15) is 25.3 Å². The van der Waals surface area contributed by atoms with Gasteiger partial charge in [-0.3, -0.25) is 10.0 Å². The first-order valence-electron chi connectivity index (χ1n) is 11.7. The summed E-state index contributed by atoms with van der Waals surface area (Å²) in [5.41, 5.74) is 3.08. The zero-order valence-corrected chi connectivity index (χ0v) is 20.9. The van der Waals surface area contributed by atoms with Gasteiger partial charge in [-0.25, -0.2) is 0 Å². The molecule has 1 unspecified atom stereocenters. The molecule has 7 heteroatoms. The highest BCUT2D eigenvalue weighted by atomic mass is 16.6. The van der Waals surface area contributed by atoms with Gasteiger partial charge < -0.3 is 15.3 Å². The van der Waals surface area contributed by atoms with E-state index in [1.165, 1.54) is 0 Å². The molecule has 0 fully saturated rings. The van der Waals surface area contributed by atoms with Crippen LogP contribution < -0.4 is 5.17 Å². The van der Waals surface area contributed by atoms with E-state index in [-0.39, 0.29) is 34.8 Å². The van der Waals surface area contributed by atoms with E-state index in [2.05, 4.69) is 6.92 Å². The molecule has 7 nitrogen and oxygen atoms in total. The Balaban J connectivity index is 1.86. The lowest BCUT2D eigenvalue weighted by Crippen LogP contribution is -2.37. The minimum absolute atomic E-state index is 0.0351. The largest absolute Gasteiger partial charge is 0.507 e. The number of nitrogens with zero attached hydrogens (tertiary/aromatic N) is 2. The van der Waals surface area contributed by atoms with Crippen molar-refractivity contribution in [2.45, 2.75) is 91.4 Å². The van der Waals surface area contributed by atoms with Gasteiger partial charge in [-0.15, -0.1) is 5.17 Å². The third-order valence-corrected chi connectivity index (χ3v) is 6.57. The van der Waals surface area contributed by atoms with Crippen molar-refractivity contribution in [2.24, 2.45) is 5.92 Å². The number of hydroxylamine groups is 1. The molecule has 0 radical (unpaired) electrons. The molecule has 1 aliphatic carbocycles. The normalized spacial score (nSPS) is 16.5. The standard InChI is InChI=1S/C26H38N2O5/c1-15-8-10-17-18(12-15)24(32)27(23(17)31)28(33)21(29)11-9-16-13-19(25(2,3)4)22(30)20(14-16)26(5,6)7/h13-15,30-33H,8-12H2,1-7H3. The number of aryl methyl sites for hydroxylation is 1. The van der Waals surface area contributed by atoms with Gasteiger partial charge in [-0.05, 0) is 59.1 Å². The number of fused-ring (bicyclic) bond motifs is 1. The highest BCUT2D eigenvalue weighted by molar-refractivity contribution is 5.84. The molecule has 0 aliphatic heterocycles. The van der Waals surface area contributed by atoms with E-state index in [0.717, 1.165) is 27.8 Å². The molecule has 3 rings (SSSR count). The van der Waals surface area contributed by atoms with E-state index in [4.69, 9.17) is 0 Å². The van der Waals surface area contributed by atoms with Crippen molar-refractivity contribution in [3.8, 4) is 17.5 Å². The van der Waals surface area contributed by atoms with Gasteiger partial charge in [-0.1, -0.05) is 60.6 Å². The number of phenolic OH excluding ortho intramolecular Hbond substituents is 1. The van der Waals surface area contributed by atoms with Crippen LogP contribution in [0.4, 0.5) is 0 Å². The molecule has 0 bridgehead atoms. The van der Waals surface area contributed by atoms with E-state index < -0.39 is 5.91 Å². The summed E-state index contributed by atoms with van der Waals surface area (Å²) in [6, 6.07) is 3.81. The molecule has 33 heavy (non-hydrogen) atoms. The molecule has 0 spiro atoms. The number of hydrogen-bond acceptors (Lipinski definition) is 5. The monoisotopic (exact) mass is 458 g/mol. The minimum Gasteiger partial charge on any atom is -0.507 e. The summed E-state index contributed by atoms with van der Waals surface area (Å²) in [6.07, 6.45) is 2.34. The number of benzene rings is 1. The van der Waals surface area contributed by atoms with Crippen molar-refractivity contribution in [3.05, 3.63) is 39.9 Å². The smallest absolute Gasteiger partial charge is 0.267 e. The zero-order chi connectivity index (χ0) is 24.9. The van der Waals surface area contributed by atoms with Gasteiger partial charge in [0.2, 0.25) is 11.8 Å². The van der Waals surface area contributed by atoms with Crippen molar-refractivity contribution in [1.82, 2.24) is 4.68 Å². The number of phenols is 1. The second-order valence-corrected chi connectivity index (χ2v) is 11.5. The Morgan fingerprint density at radius 1 is 1.00 bits per heavy atom. The van der Waals surface area contributed by atoms with E-state index >= 15 is 0 Å². The van der Waals surface area contributed by atoms with Gasteiger partial charge in [-0.2, -0.15) is 4.68 Å². The number of carbonyl (C=O) groups is 1. The van der Waals surface area contributed by atoms with Crippen LogP contribution in [0.5, 0.6) is 17.5 Å². The molecule has 1 heterocycles. The Morgan fingerprint density at radius 2 is 1.52 bits per heavy atom. The summed E-state index contributed by atoms with van der Waals surface area (Å²) in [5.74, 6) is -0.607. The molecule has 182 valence electrons. The minimum atomic E-state index is -0.649. The Hall–Kier alpha value is -2.67. The van der Waals surface area contributed by atoms with Crippen LogP contribution in [-0.2, 0) is 34.9 Å². The number of hydrogen-bond donors (Lipinski definition) is 4.